The number of amides is 2. The lowest BCUT2D eigenvalue weighted by Gasteiger charge is -2.09. The molecule has 0 radical (unpaired) electrons. The highest BCUT2D eigenvalue weighted by Crippen LogP contribution is 2.23. The van der Waals surface area contributed by atoms with E-state index < -0.39 is 5.82 Å². The van der Waals surface area contributed by atoms with E-state index in [4.69, 9.17) is 0 Å². The average molecular weight is 326 g/mol. The highest BCUT2D eigenvalue weighted by Gasteiger charge is 2.13. The number of nitrogens with one attached hydrogen (secondary N) is 2. The van der Waals surface area contributed by atoms with Gasteiger partial charge in [0.25, 0.3) is 0 Å². The van der Waals surface area contributed by atoms with Gasteiger partial charge in [0, 0.05) is 12.6 Å². The molecule has 2 aromatic rings. The Morgan fingerprint density at radius 3 is 2.62 bits per heavy atom. The van der Waals surface area contributed by atoms with Gasteiger partial charge < -0.3 is 10.6 Å². The SMILES string of the molecule is CC(=O)Nc1cc(NC(=O)Cc2ccc3c(c2)CCC3)ccc1F. The first-order chi connectivity index (χ1) is 11.5. The van der Waals surface area contributed by atoms with Crippen LogP contribution in [0.15, 0.2) is 36.4 Å². The van der Waals surface area contributed by atoms with Gasteiger partial charge in [-0.3, -0.25) is 9.59 Å². The van der Waals surface area contributed by atoms with Crippen molar-refractivity contribution in [2.75, 3.05) is 10.6 Å². The van der Waals surface area contributed by atoms with E-state index >= 15 is 0 Å². The molecule has 0 saturated heterocycles. The van der Waals surface area contributed by atoms with E-state index in [-0.39, 0.29) is 23.9 Å². The average Bonchev–Trinajstić information content (AvgIpc) is 2.97. The van der Waals surface area contributed by atoms with Crippen LogP contribution in [0, 0.1) is 5.82 Å². The summed E-state index contributed by atoms with van der Waals surface area (Å²) in [5.74, 6) is -1.08. The highest BCUT2D eigenvalue weighted by atomic mass is 19.1. The molecule has 24 heavy (non-hydrogen) atoms. The maximum Gasteiger partial charge on any atom is 0.228 e. The zero-order valence-electron chi connectivity index (χ0n) is 13.5. The van der Waals surface area contributed by atoms with Gasteiger partial charge in [-0.2, -0.15) is 0 Å². The van der Waals surface area contributed by atoms with Crippen molar-refractivity contribution in [3.8, 4) is 0 Å². The maximum absolute atomic E-state index is 13.6. The van der Waals surface area contributed by atoms with Gasteiger partial charge in [0.1, 0.15) is 5.82 Å². The number of anilines is 2. The Morgan fingerprint density at radius 2 is 1.83 bits per heavy atom. The normalized spacial score (nSPS) is 12.6. The third-order valence-corrected chi connectivity index (χ3v) is 4.09. The largest absolute Gasteiger partial charge is 0.326 e. The predicted octanol–water partition coefficient (Wildman–Crippen LogP) is 3.45. The van der Waals surface area contributed by atoms with Crippen LogP contribution in [0.5, 0.6) is 0 Å². The van der Waals surface area contributed by atoms with Crippen LogP contribution in [0.4, 0.5) is 15.8 Å². The Labute approximate surface area is 140 Å². The van der Waals surface area contributed by atoms with Crippen molar-refractivity contribution >= 4 is 23.2 Å². The second-order valence-electron chi connectivity index (χ2n) is 6.06. The Hall–Kier alpha value is -2.69. The molecular weight excluding hydrogens is 307 g/mol. The Balaban J connectivity index is 1.67. The molecule has 2 N–H and O–H groups in total. The minimum absolute atomic E-state index is 0.0535. The number of rotatable bonds is 4. The fraction of sp³-hybridized carbons (Fsp3) is 0.263. The summed E-state index contributed by atoms with van der Waals surface area (Å²) in [5, 5.41) is 5.14. The molecule has 0 heterocycles. The standard InChI is InChI=1S/C19H19FN2O2/c1-12(23)21-18-11-16(7-8-17(18)20)22-19(24)10-13-5-6-14-3-2-4-15(14)9-13/h5-9,11H,2-4,10H2,1H3,(H,21,23)(H,22,24). The molecule has 4 nitrogen and oxygen atoms in total. The van der Waals surface area contributed by atoms with E-state index in [0.717, 1.165) is 18.4 Å². The van der Waals surface area contributed by atoms with Crippen LogP contribution in [0.25, 0.3) is 0 Å². The van der Waals surface area contributed by atoms with Gasteiger partial charge in [-0.15, -0.1) is 0 Å². The van der Waals surface area contributed by atoms with Crippen LogP contribution in [-0.2, 0) is 28.9 Å². The number of carbonyl (C=O) groups is 2. The number of benzene rings is 2. The Morgan fingerprint density at radius 1 is 1.04 bits per heavy atom. The van der Waals surface area contributed by atoms with E-state index in [0.29, 0.717) is 5.69 Å². The van der Waals surface area contributed by atoms with Crippen LogP contribution in [-0.4, -0.2) is 11.8 Å². The number of hydrogen-bond donors (Lipinski definition) is 2. The summed E-state index contributed by atoms with van der Waals surface area (Å²) < 4.78 is 13.6. The van der Waals surface area contributed by atoms with Crippen molar-refractivity contribution < 1.29 is 14.0 Å². The molecule has 5 heteroatoms. The lowest BCUT2D eigenvalue weighted by molar-refractivity contribution is -0.115. The number of fused-ring (bicyclic) bond motifs is 1. The van der Waals surface area contributed by atoms with E-state index in [1.54, 1.807) is 0 Å². The van der Waals surface area contributed by atoms with E-state index in [1.165, 1.54) is 42.7 Å². The summed E-state index contributed by atoms with van der Waals surface area (Å²) in [6.45, 7) is 1.30. The summed E-state index contributed by atoms with van der Waals surface area (Å²) in [6.07, 6.45) is 3.62. The van der Waals surface area contributed by atoms with Crippen molar-refractivity contribution in [3.63, 3.8) is 0 Å². The van der Waals surface area contributed by atoms with Gasteiger partial charge in [0.05, 0.1) is 12.1 Å². The second-order valence-corrected chi connectivity index (χ2v) is 6.06. The Kier molecular flexibility index (Phi) is 4.60. The monoisotopic (exact) mass is 326 g/mol. The quantitative estimate of drug-likeness (QED) is 0.904. The highest BCUT2D eigenvalue weighted by molar-refractivity contribution is 5.94. The number of carbonyl (C=O) groups excluding carboxylic acids is 2. The van der Waals surface area contributed by atoms with Crippen LogP contribution >= 0.6 is 0 Å². The molecule has 0 aliphatic heterocycles. The van der Waals surface area contributed by atoms with Gasteiger partial charge in [-0.05, 0) is 54.2 Å². The van der Waals surface area contributed by atoms with E-state index in [2.05, 4.69) is 22.8 Å². The summed E-state index contributed by atoms with van der Waals surface area (Å²) >= 11 is 0. The molecule has 1 aliphatic carbocycles. The molecule has 2 amide bonds. The van der Waals surface area contributed by atoms with Crippen LogP contribution in [0.3, 0.4) is 0 Å². The zero-order valence-corrected chi connectivity index (χ0v) is 13.5. The molecule has 0 aromatic heterocycles. The molecule has 124 valence electrons. The lowest BCUT2D eigenvalue weighted by Crippen LogP contribution is -2.15. The number of halogens is 1. The van der Waals surface area contributed by atoms with E-state index in [9.17, 15) is 14.0 Å². The van der Waals surface area contributed by atoms with E-state index in [1.807, 2.05) is 6.07 Å². The summed E-state index contributed by atoms with van der Waals surface area (Å²) in [5.41, 5.74) is 4.18. The van der Waals surface area contributed by atoms with Crippen LogP contribution in [0.2, 0.25) is 0 Å². The zero-order chi connectivity index (χ0) is 17.1. The summed E-state index contributed by atoms with van der Waals surface area (Å²) in [6, 6.07) is 10.3. The maximum atomic E-state index is 13.6. The topological polar surface area (TPSA) is 58.2 Å². The van der Waals surface area contributed by atoms with Crippen LogP contribution < -0.4 is 10.6 Å². The van der Waals surface area contributed by atoms with Crippen molar-refractivity contribution in [2.45, 2.75) is 32.6 Å². The molecule has 0 bridgehead atoms. The molecule has 2 aromatic carbocycles. The van der Waals surface area contributed by atoms with Gasteiger partial charge in [0.2, 0.25) is 11.8 Å². The van der Waals surface area contributed by atoms with Gasteiger partial charge >= 0.3 is 0 Å². The molecule has 0 fully saturated rings. The van der Waals surface area contributed by atoms with Crippen molar-refractivity contribution in [1.29, 1.82) is 0 Å². The molecule has 3 rings (SSSR count). The fourth-order valence-electron chi connectivity index (χ4n) is 3.01. The minimum Gasteiger partial charge on any atom is -0.326 e. The first-order valence-corrected chi connectivity index (χ1v) is 7.99. The first-order valence-electron chi connectivity index (χ1n) is 7.99. The smallest absolute Gasteiger partial charge is 0.228 e. The third-order valence-electron chi connectivity index (χ3n) is 4.09. The molecular formula is C19H19FN2O2. The summed E-state index contributed by atoms with van der Waals surface area (Å²) in [7, 11) is 0. The minimum atomic E-state index is -0.540. The van der Waals surface area contributed by atoms with Gasteiger partial charge in [0.15, 0.2) is 0 Å². The van der Waals surface area contributed by atoms with Crippen molar-refractivity contribution in [2.24, 2.45) is 0 Å². The van der Waals surface area contributed by atoms with Crippen molar-refractivity contribution in [3.05, 3.63) is 58.9 Å². The van der Waals surface area contributed by atoms with Crippen molar-refractivity contribution in [1.82, 2.24) is 0 Å². The molecule has 0 spiro atoms. The van der Waals surface area contributed by atoms with Crippen LogP contribution in [0.1, 0.15) is 30.0 Å². The number of hydrogen-bond acceptors (Lipinski definition) is 2. The predicted molar refractivity (Wildman–Crippen MR) is 91.5 cm³/mol. The third kappa shape index (κ3) is 3.79. The fourth-order valence-corrected chi connectivity index (χ4v) is 3.01. The molecule has 0 atom stereocenters. The number of aryl methyl sites for hydroxylation is 2. The van der Waals surface area contributed by atoms with Gasteiger partial charge in [-0.25, -0.2) is 4.39 Å². The van der Waals surface area contributed by atoms with Gasteiger partial charge in [-0.1, -0.05) is 18.2 Å². The molecule has 0 saturated carbocycles. The molecule has 0 unspecified atom stereocenters. The second kappa shape index (κ2) is 6.83. The summed E-state index contributed by atoms with van der Waals surface area (Å²) in [4.78, 5) is 23.3. The Bertz CT molecular complexity index is 802. The molecule has 1 aliphatic rings. The lowest BCUT2D eigenvalue weighted by atomic mass is 10.0. The first kappa shape index (κ1) is 16.2.